The summed E-state index contributed by atoms with van der Waals surface area (Å²) in [6.45, 7) is 6.08. The monoisotopic (exact) mass is 416 g/mol. The maximum absolute atomic E-state index is 12.7. The molecule has 0 bridgehead atoms. The molecule has 0 saturated carbocycles. The molecule has 1 atom stereocenters. The minimum Gasteiger partial charge on any atom is -0.323 e. The second-order valence-electron chi connectivity index (χ2n) is 5.28. The molecule has 12 heteroatoms. The van der Waals surface area contributed by atoms with E-state index in [9.17, 15) is 17.4 Å². The number of hydrogen-bond donors (Lipinski definition) is 1. The van der Waals surface area contributed by atoms with Crippen LogP contribution in [0.4, 0.5) is 4.79 Å². The van der Waals surface area contributed by atoms with Crippen molar-refractivity contribution in [3.63, 3.8) is 0 Å². The van der Waals surface area contributed by atoms with Crippen molar-refractivity contribution in [3.05, 3.63) is 0 Å². The first-order valence-electron chi connectivity index (χ1n) is 7.96. The highest BCUT2D eigenvalue weighted by Crippen LogP contribution is 2.14. The van der Waals surface area contributed by atoms with Crippen LogP contribution in [0.25, 0.3) is 0 Å². The fraction of sp³-hybridized carbons (Fsp3) is 0.846. The topological polar surface area (TPSA) is 99.3 Å². The molecule has 0 aliphatic carbocycles. The number of hydroxylamine groups is 1. The highest BCUT2D eigenvalue weighted by atomic mass is 32.3. The third-order valence-electron chi connectivity index (χ3n) is 3.17. The van der Waals surface area contributed by atoms with Gasteiger partial charge in [0.05, 0.1) is 0 Å². The average molecular weight is 417 g/mol. The van der Waals surface area contributed by atoms with E-state index in [1.54, 1.807) is 0 Å². The summed E-state index contributed by atoms with van der Waals surface area (Å²) in [5.41, 5.74) is 2.16. The standard InChI is InChI=1S/C13H28N4O5S3/c1-6-8-10-17(11-9-7-2)25(20,21)16(5)24(19)15(4)13(18)22-14-12(3)23/h6-11H2,1-5H3,(H,14,23). The molecule has 1 amide bonds. The van der Waals surface area contributed by atoms with Gasteiger partial charge in [-0.15, -0.1) is 0 Å². The Hall–Kier alpha value is -0.820. The number of amides is 1. The lowest BCUT2D eigenvalue weighted by Gasteiger charge is -2.28. The summed E-state index contributed by atoms with van der Waals surface area (Å²) in [7, 11) is -1.65. The van der Waals surface area contributed by atoms with Crippen molar-refractivity contribution in [2.75, 3.05) is 27.2 Å². The van der Waals surface area contributed by atoms with Crippen LogP contribution in [0.15, 0.2) is 0 Å². The Morgan fingerprint density at radius 2 is 1.64 bits per heavy atom. The van der Waals surface area contributed by atoms with Crippen molar-refractivity contribution < 1.29 is 22.3 Å². The number of carbonyl (C=O) groups is 1. The Kier molecular flexibility index (Phi) is 11.3. The first kappa shape index (κ1) is 24.2. The molecule has 0 saturated heterocycles. The number of unbranched alkanes of at least 4 members (excludes halogenated alkanes) is 2. The molecule has 9 nitrogen and oxygen atoms in total. The van der Waals surface area contributed by atoms with Crippen LogP contribution in [0.1, 0.15) is 46.5 Å². The summed E-state index contributed by atoms with van der Waals surface area (Å²) in [5, 5.41) is 0. The van der Waals surface area contributed by atoms with Crippen LogP contribution in [0.2, 0.25) is 0 Å². The van der Waals surface area contributed by atoms with Crippen LogP contribution >= 0.6 is 12.2 Å². The largest absolute Gasteiger partial charge is 0.446 e. The summed E-state index contributed by atoms with van der Waals surface area (Å²) in [6, 6.07) is 0. The Bertz CT molecular complexity index is 562. The molecule has 0 spiro atoms. The summed E-state index contributed by atoms with van der Waals surface area (Å²) in [6.07, 6.45) is 2.04. The van der Waals surface area contributed by atoms with E-state index in [2.05, 4.69) is 10.3 Å². The van der Waals surface area contributed by atoms with E-state index in [1.807, 2.05) is 13.8 Å². The molecule has 0 radical (unpaired) electrons. The van der Waals surface area contributed by atoms with Gasteiger partial charge < -0.3 is 4.84 Å². The second-order valence-corrected chi connectivity index (χ2v) is 9.64. The maximum atomic E-state index is 12.7. The van der Waals surface area contributed by atoms with Crippen molar-refractivity contribution in [1.82, 2.24) is 17.8 Å². The molecule has 0 aromatic heterocycles. The summed E-state index contributed by atoms with van der Waals surface area (Å²) in [4.78, 5) is 16.6. The molecule has 0 aromatic carbocycles. The first-order valence-corrected chi connectivity index (χ1v) is 10.8. The molecule has 0 aliphatic rings. The zero-order valence-electron chi connectivity index (χ0n) is 15.4. The number of thiocarbonyl (C=S) groups is 1. The van der Waals surface area contributed by atoms with Gasteiger partial charge in [-0.3, -0.25) is 0 Å². The van der Waals surface area contributed by atoms with Crippen molar-refractivity contribution >= 4 is 44.7 Å². The molecule has 0 heterocycles. The van der Waals surface area contributed by atoms with Crippen LogP contribution in [-0.4, -0.2) is 63.2 Å². The Labute approximate surface area is 158 Å². The van der Waals surface area contributed by atoms with E-state index in [0.717, 1.165) is 19.9 Å². The lowest BCUT2D eigenvalue weighted by molar-refractivity contribution is 0.106. The van der Waals surface area contributed by atoms with Gasteiger partial charge in [0.2, 0.25) is 11.2 Å². The third-order valence-corrected chi connectivity index (χ3v) is 6.92. The zero-order chi connectivity index (χ0) is 19.6. The predicted octanol–water partition coefficient (Wildman–Crippen LogP) is 1.56. The van der Waals surface area contributed by atoms with E-state index in [4.69, 9.17) is 12.2 Å². The predicted molar refractivity (Wildman–Crippen MR) is 102 cm³/mol. The lowest BCUT2D eigenvalue weighted by Crippen LogP contribution is -2.48. The number of hydrogen-bond acceptors (Lipinski definition) is 6. The highest BCUT2D eigenvalue weighted by molar-refractivity contribution is 7.99. The quantitative estimate of drug-likeness (QED) is 0.426. The molecule has 1 N–H and O–H groups in total. The Morgan fingerprint density at radius 1 is 1.16 bits per heavy atom. The van der Waals surface area contributed by atoms with Crippen molar-refractivity contribution in [2.45, 2.75) is 46.5 Å². The molecular formula is C13H28N4O5S3. The van der Waals surface area contributed by atoms with Gasteiger partial charge in [-0.05, 0) is 19.8 Å². The Morgan fingerprint density at radius 3 is 2.04 bits per heavy atom. The fourth-order valence-electron chi connectivity index (χ4n) is 1.67. The van der Waals surface area contributed by atoms with E-state index in [0.29, 0.717) is 33.9 Å². The van der Waals surface area contributed by atoms with Crippen molar-refractivity contribution in [1.29, 1.82) is 0 Å². The van der Waals surface area contributed by atoms with Crippen LogP contribution in [0.5, 0.6) is 0 Å². The number of rotatable bonds is 10. The SMILES string of the molecule is CCCCN(CCCC)S(=O)(=O)N(C)S(=O)N(C)C(=O)ONC(C)=S. The van der Waals surface area contributed by atoms with Gasteiger partial charge in [-0.1, -0.05) is 42.6 Å². The van der Waals surface area contributed by atoms with Gasteiger partial charge in [-0.25, -0.2) is 18.8 Å². The van der Waals surface area contributed by atoms with Gasteiger partial charge in [-0.2, -0.15) is 12.7 Å². The second kappa shape index (κ2) is 11.7. The number of nitrogens with one attached hydrogen (secondary N) is 1. The van der Waals surface area contributed by atoms with Crippen molar-refractivity contribution in [2.24, 2.45) is 0 Å². The zero-order valence-corrected chi connectivity index (χ0v) is 17.8. The molecule has 0 rings (SSSR count). The van der Waals surface area contributed by atoms with E-state index in [1.165, 1.54) is 18.3 Å². The normalized spacial score (nSPS) is 12.9. The number of nitrogens with zero attached hydrogens (tertiary/aromatic N) is 3. The van der Waals surface area contributed by atoms with E-state index < -0.39 is 27.5 Å². The molecule has 148 valence electrons. The van der Waals surface area contributed by atoms with E-state index in [-0.39, 0.29) is 4.99 Å². The lowest BCUT2D eigenvalue weighted by atomic mass is 10.3. The van der Waals surface area contributed by atoms with Gasteiger partial charge in [0.25, 0.3) is 10.2 Å². The van der Waals surface area contributed by atoms with Crippen LogP contribution in [0, 0.1) is 0 Å². The van der Waals surface area contributed by atoms with Gasteiger partial charge in [0, 0.05) is 27.2 Å². The first-order chi connectivity index (χ1) is 11.6. The summed E-state index contributed by atoms with van der Waals surface area (Å²) in [5.74, 6) is 0. The van der Waals surface area contributed by atoms with Crippen molar-refractivity contribution in [3.8, 4) is 0 Å². The maximum Gasteiger partial charge on any atom is 0.446 e. The van der Waals surface area contributed by atoms with E-state index >= 15 is 0 Å². The molecule has 25 heavy (non-hydrogen) atoms. The number of carbonyl (C=O) groups excluding carboxylic acids is 1. The van der Waals surface area contributed by atoms with Crippen LogP contribution in [0.3, 0.4) is 0 Å². The molecule has 0 aromatic rings. The molecule has 0 aliphatic heterocycles. The Balaban J connectivity index is 5.15. The third kappa shape index (κ3) is 7.94. The smallest absolute Gasteiger partial charge is 0.323 e. The molecular weight excluding hydrogens is 388 g/mol. The average Bonchev–Trinajstić information content (AvgIpc) is 2.57. The van der Waals surface area contributed by atoms with Gasteiger partial charge >= 0.3 is 6.09 Å². The summed E-state index contributed by atoms with van der Waals surface area (Å²) >= 11 is 2.42. The summed E-state index contributed by atoms with van der Waals surface area (Å²) < 4.78 is 40.5. The minimum atomic E-state index is -3.98. The fourth-order valence-corrected chi connectivity index (χ4v) is 4.49. The van der Waals surface area contributed by atoms with Crippen LogP contribution in [-0.2, 0) is 26.2 Å². The molecule has 1 unspecified atom stereocenters. The minimum absolute atomic E-state index is 0.207. The highest BCUT2D eigenvalue weighted by Gasteiger charge is 2.34. The van der Waals surface area contributed by atoms with Crippen LogP contribution < -0.4 is 5.48 Å². The van der Waals surface area contributed by atoms with Gasteiger partial charge in [0.1, 0.15) is 4.99 Å². The van der Waals surface area contributed by atoms with Gasteiger partial charge in [0.15, 0.2) is 0 Å². The molecule has 0 fully saturated rings.